The van der Waals surface area contributed by atoms with E-state index in [2.05, 4.69) is 15.4 Å². The van der Waals surface area contributed by atoms with Gasteiger partial charge in [0.1, 0.15) is 4.88 Å². The lowest BCUT2D eigenvalue weighted by atomic mass is 10.3. The highest BCUT2D eigenvalue weighted by Crippen LogP contribution is 2.20. The molecule has 0 radical (unpaired) electrons. The number of rotatable bonds is 2. The van der Waals surface area contributed by atoms with E-state index in [1.807, 2.05) is 0 Å². The van der Waals surface area contributed by atoms with Crippen molar-refractivity contribution in [1.29, 1.82) is 0 Å². The molecule has 0 fully saturated rings. The van der Waals surface area contributed by atoms with Gasteiger partial charge in [0.25, 0.3) is 5.91 Å². The maximum Gasteiger partial charge on any atom is 0.267 e. The maximum atomic E-state index is 11.8. The second kappa shape index (κ2) is 3.93. The Morgan fingerprint density at radius 1 is 1.62 bits per heavy atom. The second-order valence-electron chi connectivity index (χ2n) is 3.32. The minimum absolute atomic E-state index is 0.209. The van der Waals surface area contributed by atoms with Crippen LogP contribution in [-0.2, 0) is 7.05 Å². The summed E-state index contributed by atoms with van der Waals surface area (Å²) in [5.74, 6) is -0.209. The van der Waals surface area contributed by atoms with Gasteiger partial charge in [-0.3, -0.25) is 9.48 Å². The summed E-state index contributed by atoms with van der Waals surface area (Å²) in [5, 5.41) is 7.08. The minimum atomic E-state index is -0.209. The molecule has 16 heavy (non-hydrogen) atoms. The fourth-order valence-corrected chi connectivity index (χ4v) is 2.03. The summed E-state index contributed by atoms with van der Waals surface area (Å²) in [7, 11) is 1.78. The van der Waals surface area contributed by atoms with E-state index in [4.69, 9.17) is 5.73 Å². The predicted molar refractivity (Wildman–Crippen MR) is 62.4 cm³/mol. The third-order valence-electron chi connectivity index (χ3n) is 1.98. The number of nitrogens with one attached hydrogen (secondary N) is 1. The van der Waals surface area contributed by atoms with Crippen molar-refractivity contribution in [3.63, 3.8) is 0 Å². The van der Waals surface area contributed by atoms with Crippen molar-refractivity contribution in [2.75, 3.05) is 11.1 Å². The number of anilines is 2. The van der Waals surface area contributed by atoms with E-state index < -0.39 is 0 Å². The average Bonchev–Trinajstić information content (AvgIpc) is 2.73. The number of hydrogen-bond acceptors (Lipinski definition) is 5. The highest BCUT2D eigenvalue weighted by molar-refractivity contribution is 7.17. The Balaban J connectivity index is 2.17. The molecule has 0 atom stereocenters. The molecule has 0 bridgehead atoms. The van der Waals surface area contributed by atoms with Gasteiger partial charge in [-0.05, 0) is 6.92 Å². The largest absolute Gasteiger partial charge is 0.375 e. The average molecular weight is 237 g/mol. The Labute approximate surface area is 96.1 Å². The van der Waals surface area contributed by atoms with Crippen LogP contribution in [0.1, 0.15) is 15.4 Å². The first kappa shape index (κ1) is 10.6. The maximum absolute atomic E-state index is 11.8. The molecule has 2 rings (SSSR count). The van der Waals surface area contributed by atoms with Gasteiger partial charge in [0.15, 0.2) is 5.13 Å². The summed E-state index contributed by atoms with van der Waals surface area (Å²) in [6.45, 7) is 1.75. The van der Waals surface area contributed by atoms with Crippen molar-refractivity contribution in [3.8, 4) is 0 Å². The zero-order valence-corrected chi connectivity index (χ0v) is 9.71. The molecule has 0 aliphatic rings. The number of aryl methyl sites for hydroxylation is 2. The van der Waals surface area contributed by atoms with Gasteiger partial charge in [0.05, 0.1) is 17.6 Å². The van der Waals surface area contributed by atoms with Crippen LogP contribution in [0.15, 0.2) is 12.4 Å². The van der Waals surface area contributed by atoms with Crippen LogP contribution in [-0.4, -0.2) is 20.7 Å². The van der Waals surface area contributed by atoms with Crippen LogP contribution < -0.4 is 11.1 Å². The molecule has 84 valence electrons. The molecule has 1 amide bonds. The molecule has 6 nitrogen and oxygen atoms in total. The molecule has 0 saturated carbocycles. The molecular weight excluding hydrogens is 226 g/mol. The van der Waals surface area contributed by atoms with Gasteiger partial charge in [-0.2, -0.15) is 5.10 Å². The predicted octanol–water partition coefficient (Wildman–Crippen LogP) is 1.02. The van der Waals surface area contributed by atoms with Gasteiger partial charge in [-0.25, -0.2) is 4.98 Å². The van der Waals surface area contributed by atoms with Crippen molar-refractivity contribution >= 4 is 28.1 Å². The number of nitrogen functional groups attached to an aromatic ring is 1. The molecular formula is C9H11N5OS. The molecule has 7 heteroatoms. The molecule has 0 aromatic carbocycles. The fourth-order valence-electron chi connectivity index (χ4n) is 1.30. The SMILES string of the molecule is Cc1nc(N)sc1C(=O)Nc1cnn(C)c1. The molecule has 0 saturated heterocycles. The molecule has 0 aliphatic heterocycles. The Bertz CT molecular complexity index is 530. The highest BCUT2D eigenvalue weighted by atomic mass is 32.1. The van der Waals surface area contributed by atoms with Crippen LogP contribution in [0.2, 0.25) is 0 Å². The van der Waals surface area contributed by atoms with Gasteiger partial charge in [-0.15, -0.1) is 0 Å². The van der Waals surface area contributed by atoms with E-state index in [1.54, 1.807) is 31.0 Å². The molecule has 2 aromatic heterocycles. The lowest BCUT2D eigenvalue weighted by molar-refractivity contribution is 0.103. The Kier molecular flexibility index (Phi) is 2.61. The van der Waals surface area contributed by atoms with E-state index in [0.29, 0.717) is 21.4 Å². The first-order valence-electron chi connectivity index (χ1n) is 4.59. The first-order chi connectivity index (χ1) is 7.56. The van der Waals surface area contributed by atoms with Gasteiger partial charge >= 0.3 is 0 Å². The summed E-state index contributed by atoms with van der Waals surface area (Å²) in [6.07, 6.45) is 3.30. The summed E-state index contributed by atoms with van der Waals surface area (Å²) in [4.78, 5) is 16.3. The summed E-state index contributed by atoms with van der Waals surface area (Å²) >= 11 is 1.18. The molecule has 2 aromatic rings. The van der Waals surface area contributed by atoms with Gasteiger partial charge < -0.3 is 11.1 Å². The minimum Gasteiger partial charge on any atom is -0.375 e. The standard InChI is InChI=1S/C9H11N5OS/c1-5-7(16-9(10)12-5)8(15)13-6-3-11-14(2)4-6/h3-4H,1-2H3,(H2,10,12)(H,13,15). The Hall–Kier alpha value is -1.89. The lowest BCUT2D eigenvalue weighted by Gasteiger charge is -1.99. The number of nitrogens with zero attached hydrogens (tertiary/aromatic N) is 3. The van der Waals surface area contributed by atoms with E-state index >= 15 is 0 Å². The molecule has 3 N–H and O–H groups in total. The lowest BCUT2D eigenvalue weighted by Crippen LogP contribution is -2.10. The van der Waals surface area contributed by atoms with E-state index in [9.17, 15) is 4.79 Å². The van der Waals surface area contributed by atoms with Crippen molar-refractivity contribution in [2.45, 2.75) is 6.92 Å². The number of carbonyl (C=O) groups excluding carboxylic acids is 1. The first-order valence-corrected chi connectivity index (χ1v) is 5.41. The molecule has 2 heterocycles. The zero-order valence-electron chi connectivity index (χ0n) is 8.89. The van der Waals surface area contributed by atoms with Gasteiger partial charge in [-0.1, -0.05) is 11.3 Å². The Morgan fingerprint density at radius 3 is 2.88 bits per heavy atom. The number of nitrogens with two attached hydrogens (primary N) is 1. The molecule has 0 spiro atoms. The summed E-state index contributed by atoms with van der Waals surface area (Å²) in [6, 6.07) is 0. The number of hydrogen-bond donors (Lipinski definition) is 2. The Morgan fingerprint density at radius 2 is 2.38 bits per heavy atom. The third kappa shape index (κ3) is 2.03. The van der Waals surface area contributed by atoms with Crippen LogP contribution in [0.25, 0.3) is 0 Å². The van der Waals surface area contributed by atoms with E-state index in [-0.39, 0.29) is 5.91 Å². The summed E-state index contributed by atoms with van der Waals surface area (Å²) in [5.41, 5.74) is 6.82. The second-order valence-corrected chi connectivity index (χ2v) is 4.35. The van der Waals surface area contributed by atoms with Crippen LogP contribution in [0.4, 0.5) is 10.8 Å². The summed E-state index contributed by atoms with van der Waals surface area (Å²) < 4.78 is 1.61. The van der Waals surface area contributed by atoms with Gasteiger partial charge in [0, 0.05) is 13.2 Å². The number of amides is 1. The number of carbonyl (C=O) groups is 1. The quantitative estimate of drug-likeness (QED) is 0.816. The van der Waals surface area contributed by atoms with Crippen LogP contribution in [0.5, 0.6) is 0 Å². The molecule has 0 aliphatic carbocycles. The highest BCUT2D eigenvalue weighted by Gasteiger charge is 2.14. The fraction of sp³-hybridized carbons (Fsp3) is 0.222. The topological polar surface area (TPSA) is 85.8 Å². The van der Waals surface area contributed by atoms with Crippen molar-refractivity contribution in [1.82, 2.24) is 14.8 Å². The van der Waals surface area contributed by atoms with Crippen LogP contribution in [0, 0.1) is 6.92 Å². The van der Waals surface area contributed by atoms with E-state index in [1.165, 1.54) is 11.3 Å². The normalized spacial score (nSPS) is 10.4. The van der Waals surface area contributed by atoms with E-state index in [0.717, 1.165) is 0 Å². The van der Waals surface area contributed by atoms with Crippen molar-refractivity contribution in [2.24, 2.45) is 7.05 Å². The van der Waals surface area contributed by atoms with Crippen LogP contribution in [0.3, 0.4) is 0 Å². The van der Waals surface area contributed by atoms with Crippen molar-refractivity contribution < 1.29 is 4.79 Å². The molecule has 0 unspecified atom stereocenters. The smallest absolute Gasteiger partial charge is 0.267 e. The zero-order chi connectivity index (χ0) is 11.7. The third-order valence-corrected chi connectivity index (χ3v) is 2.97. The number of thiazole rings is 1. The monoisotopic (exact) mass is 237 g/mol. The number of aromatic nitrogens is 3. The van der Waals surface area contributed by atoms with Crippen LogP contribution >= 0.6 is 11.3 Å². The van der Waals surface area contributed by atoms with Crippen molar-refractivity contribution in [3.05, 3.63) is 23.0 Å². The van der Waals surface area contributed by atoms with Gasteiger partial charge in [0.2, 0.25) is 0 Å².